The van der Waals surface area contributed by atoms with Gasteiger partial charge in [0.2, 0.25) is 0 Å². The zero-order valence-corrected chi connectivity index (χ0v) is 11.6. The van der Waals surface area contributed by atoms with Gasteiger partial charge in [0.25, 0.3) is 0 Å². The van der Waals surface area contributed by atoms with E-state index in [4.69, 9.17) is 0 Å². The van der Waals surface area contributed by atoms with Gasteiger partial charge in [-0.25, -0.2) is 4.98 Å². The number of carbonyl (C=O) groups is 1. The summed E-state index contributed by atoms with van der Waals surface area (Å²) in [4.78, 5) is 16.2. The summed E-state index contributed by atoms with van der Waals surface area (Å²) >= 11 is 1.59. The van der Waals surface area contributed by atoms with E-state index >= 15 is 0 Å². The molecule has 0 aromatic carbocycles. The number of carbonyl (C=O) groups excluding carboxylic acids is 1. The highest BCUT2D eigenvalue weighted by molar-refractivity contribution is 7.09. The van der Waals surface area contributed by atoms with E-state index in [0.717, 1.165) is 10.7 Å². The molecule has 0 spiro atoms. The molecule has 0 aliphatic heterocycles. The molecule has 0 atom stereocenters. The average Bonchev–Trinajstić information content (AvgIpc) is 2.93. The maximum Gasteiger partial charge on any atom is 0.153 e. The van der Waals surface area contributed by atoms with Crippen molar-refractivity contribution in [1.29, 1.82) is 0 Å². The first-order chi connectivity index (χ1) is 7.95. The topological polar surface area (TPSA) is 42.0 Å². The van der Waals surface area contributed by atoms with Crippen LogP contribution in [-0.4, -0.2) is 23.4 Å². The first-order valence-electron chi connectivity index (χ1n) is 6.15. The first kappa shape index (κ1) is 12.7. The van der Waals surface area contributed by atoms with Crippen molar-refractivity contribution >= 4 is 17.1 Å². The summed E-state index contributed by atoms with van der Waals surface area (Å²) in [5, 5.41) is 6.25. The zero-order chi connectivity index (χ0) is 12.5. The summed E-state index contributed by atoms with van der Waals surface area (Å²) in [6.45, 7) is 6.92. The van der Waals surface area contributed by atoms with Crippen LogP contribution in [0.5, 0.6) is 0 Å². The van der Waals surface area contributed by atoms with Crippen molar-refractivity contribution in [3.8, 4) is 0 Å². The highest BCUT2D eigenvalue weighted by Gasteiger charge is 2.22. The minimum Gasteiger partial charge on any atom is -0.307 e. The predicted molar refractivity (Wildman–Crippen MR) is 70.5 cm³/mol. The third kappa shape index (κ3) is 3.89. The van der Waals surface area contributed by atoms with Gasteiger partial charge in [-0.2, -0.15) is 0 Å². The number of ketones is 1. The number of Topliss-reactive ketones (excluding diaryl/α,β-unsaturated/α-hetero) is 1. The zero-order valence-electron chi connectivity index (χ0n) is 10.7. The quantitative estimate of drug-likeness (QED) is 0.874. The average molecular weight is 252 g/mol. The SMILES string of the molecule is CC(C)(C)c1csc(CC(=O)CNC2CC2)n1. The smallest absolute Gasteiger partial charge is 0.153 e. The molecule has 17 heavy (non-hydrogen) atoms. The predicted octanol–water partition coefficient (Wildman–Crippen LogP) is 2.30. The fourth-order valence-electron chi connectivity index (χ4n) is 1.51. The molecule has 1 aromatic heterocycles. The molecule has 2 rings (SSSR count). The monoisotopic (exact) mass is 252 g/mol. The van der Waals surface area contributed by atoms with Gasteiger partial charge in [0.05, 0.1) is 18.7 Å². The Labute approximate surface area is 107 Å². The minimum absolute atomic E-state index is 0.0735. The summed E-state index contributed by atoms with van der Waals surface area (Å²) in [6.07, 6.45) is 2.91. The second kappa shape index (κ2) is 4.86. The molecular formula is C13H20N2OS. The number of aromatic nitrogens is 1. The number of rotatable bonds is 5. The van der Waals surface area contributed by atoms with Crippen molar-refractivity contribution in [2.24, 2.45) is 0 Å². The Balaban J connectivity index is 1.85. The number of hydrogen-bond acceptors (Lipinski definition) is 4. The third-order valence-corrected chi connectivity index (χ3v) is 3.68. The molecule has 94 valence electrons. The van der Waals surface area contributed by atoms with Crippen LogP contribution in [0.2, 0.25) is 0 Å². The second-order valence-corrected chi connectivity index (χ2v) is 6.69. The molecule has 3 nitrogen and oxygen atoms in total. The van der Waals surface area contributed by atoms with Crippen LogP contribution in [0.3, 0.4) is 0 Å². The van der Waals surface area contributed by atoms with Crippen LogP contribution in [0.1, 0.15) is 44.3 Å². The van der Waals surface area contributed by atoms with Gasteiger partial charge in [-0.05, 0) is 12.8 Å². The van der Waals surface area contributed by atoms with Gasteiger partial charge in [-0.3, -0.25) is 4.79 Å². The molecule has 0 unspecified atom stereocenters. The van der Waals surface area contributed by atoms with Gasteiger partial charge in [-0.15, -0.1) is 11.3 Å². The van der Waals surface area contributed by atoms with Gasteiger partial charge in [0.1, 0.15) is 5.01 Å². The first-order valence-corrected chi connectivity index (χ1v) is 7.03. The molecule has 0 bridgehead atoms. The molecule has 1 saturated carbocycles. The van der Waals surface area contributed by atoms with E-state index in [2.05, 4.69) is 36.5 Å². The number of thiazole rings is 1. The Kier molecular flexibility index (Phi) is 3.64. The molecule has 1 aliphatic rings. The molecule has 1 N–H and O–H groups in total. The standard InChI is InChI=1S/C13H20N2OS/c1-13(2,3)11-8-17-12(15-11)6-10(16)7-14-9-4-5-9/h8-9,14H,4-7H2,1-3H3. The number of nitrogens with zero attached hydrogens (tertiary/aromatic N) is 1. The van der Waals surface area contributed by atoms with Crippen LogP contribution < -0.4 is 5.32 Å². The van der Waals surface area contributed by atoms with Crippen molar-refractivity contribution in [3.05, 3.63) is 16.1 Å². The van der Waals surface area contributed by atoms with Crippen LogP contribution in [-0.2, 0) is 16.6 Å². The fraction of sp³-hybridized carbons (Fsp3) is 0.692. The summed E-state index contributed by atoms with van der Waals surface area (Å²) in [6, 6.07) is 0.598. The molecule has 1 fully saturated rings. The molecule has 0 saturated heterocycles. The van der Waals surface area contributed by atoms with Crippen LogP contribution in [0.25, 0.3) is 0 Å². The molecular weight excluding hydrogens is 232 g/mol. The van der Waals surface area contributed by atoms with E-state index in [1.165, 1.54) is 12.8 Å². The van der Waals surface area contributed by atoms with Crippen molar-refractivity contribution in [2.45, 2.75) is 51.5 Å². The second-order valence-electron chi connectivity index (χ2n) is 5.75. The van der Waals surface area contributed by atoms with E-state index in [1.54, 1.807) is 11.3 Å². The van der Waals surface area contributed by atoms with Crippen LogP contribution in [0.4, 0.5) is 0 Å². The molecule has 1 aromatic rings. The van der Waals surface area contributed by atoms with Gasteiger partial charge in [0.15, 0.2) is 5.78 Å². The van der Waals surface area contributed by atoms with Crippen LogP contribution >= 0.6 is 11.3 Å². The molecule has 0 radical (unpaired) electrons. The van der Waals surface area contributed by atoms with Crippen molar-refractivity contribution in [2.75, 3.05) is 6.54 Å². The molecule has 4 heteroatoms. The Morgan fingerprint density at radius 1 is 1.53 bits per heavy atom. The largest absolute Gasteiger partial charge is 0.307 e. The summed E-state index contributed by atoms with van der Waals surface area (Å²) in [7, 11) is 0. The highest BCUT2D eigenvalue weighted by atomic mass is 32.1. The van der Waals surface area contributed by atoms with E-state index in [0.29, 0.717) is 19.0 Å². The van der Waals surface area contributed by atoms with E-state index < -0.39 is 0 Å². The maximum absolute atomic E-state index is 11.7. The van der Waals surface area contributed by atoms with E-state index in [-0.39, 0.29) is 11.2 Å². The molecule has 1 heterocycles. The third-order valence-electron chi connectivity index (χ3n) is 2.83. The van der Waals surface area contributed by atoms with Gasteiger partial charge in [-0.1, -0.05) is 20.8 Å². The van der Waals surface area contributed by atoms with E-state index in [9.17, 15) is 4.79 Å². The van der Waals surface area contributed by atoms with Crippen LogP contribution in [0, 0.1) is 0 Å². The lowest BCUT2D eigenvalue weighted by molar-refractivity contribution is -0.117. The maximum atomic E-state index is 11.7. The summed E-state index contributed by atoms with van der Waals surface area (Å²) in [5.74, 6) is 0.242. The van der Waals surface area contributed by atoms with Gasteiger partial charge in [0, 0.05) is 16.8 Å². The lowest BCUT2D eigenvalue weighted by Gasteiger charge is -2.14. The minimum atomic E-state index is 0.0735. The summed E-state index contributed by atoms with van der Waals surface area (Å²) in [5.41, 5.74) is 1.16. The fourth-order valence-corrected chi connectivity index (χ4v) is 2.56. The van der Waals surface area contributed by atoms with Crippen molar-refractivity contribution in [1.82, 2.24) is 10.3 Å². The lowest BCUT2D eigenvalue weighted by Crippen LogP contribution is -2.26. The van der Waals surface area contributed by atoms with Crippen LogP contribution in [0.15, 0.2) is 5.38 Å². The van der Waals surface area contributed by atoms with E-state index in [1.807, 2.05) is 0 Å². The Morgan fingerprint density at radius 2 is 2.24 bits per heavy atom. The Hall–Kier alpha value is -0.740. The highest BCUT2D eigenvalue weighted by Crippen LogP contribution is 2.24. The Morgan fingerprint density at radius 3 is 2.76 bits per heavy atom. The number of hydrogen-bond donors (Lipinski definition) is 1. The van der Waals surface area contributed by atoms with Gasteiger partial charge >= 0.3 is 0 Å². The summed E-state index contributed by atoms with van der Waals surface area (Å²) < 4.78 is 0. The lowest BCUT2D eigenvalue weighted by atomic mass is 9.93. The normalized spacial score (nSPS) is 16.2. The Bertz CT molecular complexity index is 402. The molecule has 0 amide bonds. The van der Waals surface area contributed by atoms with Crippen molar-refractivity contribution in [3.63, 3.8) is 0 Å². The van der Waals surface area contributed by atoms with Gasteiger partial charge < -0.3 is 5.32 Å². The number of nitrogens with one attached hydrogen (secondary N) is 1. The molecule has 1 aliphatic carbocycles. The van der Waals surface area contributed by atoms with Crippen molar-refractivity contribution < 1.29 is 4.79 Å².